The van der Waals surface area contributed by atoms with Crippen LogP contribution in [0.15, 0.2) is 24.3 Å². The van der Waals surface area contributed by atoms with E-state index in [-0.39, 0.29) is 18.4 Å². The first-order chi connectivity index (χ1) is 9.56. The van der Waals surface area contributed by atoms with Gasteiger partial charge in [-0.05, 0) is 38.0 Å². The van der Waals surface area contributed by atoms with Crippen LogP contribution in [0.1, 0.15) is 26.3 Å². The molecule has 0 aliphatic heterocycles. The predicted molar refractivity (Wildman–Crippen MR) is 77.6 cm³/mol. The molecule has 2 N–H and O–H groups in total. The van der Waals surface area contributed by atoms with E-state index in [4.69, 9.17) is 4.74 Å². The van der Waals surface area contributed by atoms with E-state index < -0.39 is 6.04 Å². The van der Waals surface area contributed by atoms with Crippen molar-refractivity contribution in [3.63, 3.8) is 0 Å². The van der Waals surface area contributed by atoms with E-state index in [0.717, 1.165) is 12.0 Å². The Morgan fingerprint density at radius 2 is 2.05 bits per heavy atom. The van der Waals surface area contributed by atoms with Gasteiger partial charge in [0.1, 0.15) is 11.8 Å². The summed E-state index contributed by atoms with van der Waals surface area (Å²) in [5.41, 5.74) is 1.15. The lowest BCUT2D eigenvalue weighted by atomic mass is 10.2. The summed E-state index contributed by atoms with van der Waals surface area (Å²) in [5, 5.41) is 5.23. The zero-order valence-corrected chi connectivity index (χ0v) is 12.2. The molecular formula is C15H22N2O3. The molecule has 0 heterocycles. The van der Waals surface area contributed by atoms with Crippen LogP contribution in [0.2, 0.25) is 0 Å². The standard InChI is InChI=1S/C15H22N2O3/c1-4-12-7-6-8-13(9-12)20-10-14(18)17-11(3)15(19)16-5-2/h6-9,11H,4-5,10H2,1-3H3,(H,16,19)(H,17,18)/t11-/m1/s1. The highest BCUT2D eigenvalue weighted by atomic mass is 16.5. The number of likely N-dealkylation sites (N-methyl/N-ethyl adjacent to an activating group) is 1. The van der Waals surface area contributed by atoms with Crippen molar-refractivity contribution in [2.45, 2.75) is 33.2 Å². The maximum Gasteiger partial charge on any atom is 0.258 e. The van der Waals surface area contributed by atoms with Gasteiger partial charge in [-0.1, -0.05) is 19.1 Å². The molecule has 1 rings (SSSR count). The van der Waals surface area contributed by atoms with E-state index in [2.05, 4.69) is 17.6 Å². The van der Waals surface area contributed by atoms with Crippen molar-refractivity contribution in [3.8, 4) is 5.75 Å². The predicted octanol–water partition coefficient (Wildman–Crippen LogP) is 1.27. The zero-order valence-electron chi connectivity index (χ0n) is 12.2. The third-order valence-electron chi connectivity index (χ3n) is 2.80. The molecule has 5 heteroatoms. The number of carbonyl (C=O) groups excluding carboxylic acids is 2. The van der Waals surface area contributed by atoms with E-state index in [9.17, 15) is 9.59 Å². The molecule has 0 saturated carbocycles. The lowest BCUT2D eigenvalue weighted by molar-refractivity contribution is -0.129. The van der Waals surface area contributed by atoms with Crippen LogP contribution in [0.25, 0.3) is 0 Å². The van der Waals surface area contributed by atoms with Gasteiger partial charge in [-0.3, -0.25) is 9.59 Å². The Morgan fingerprint density at radius 3 is 2.70 bits per heavy atom. The van der Waals surface area contributed by atoms with Gasteiger partial charge in [0.05, 0.1) is 0 Å². The average molecular weight is 278 g/mol. The van der Waals surface area contributed by atoms with Crippen LogP contribution in [0, 0.1) is 0 Å². The highest BCUT2D eigenvalue weighted by molar-refractivity contribution is 5.87. The van der Waals surface area contributed by atoms with Crippen molar-refractivity contribution in [1.29, 1.82) is 0 Å². The summed E-state index contributed by atoms with van der Waals surface area (Å²) in [4.78, 5) is 23.1. The molecule has 0 aliphatic carbocycles. The smallest absolute Gasteiger partial charge is 0.258 e. The first-order valence-corrected chi connectivity index (χ1v) is 6.85. The van der Waals surface area contributed by atoms with Crippen LogP contribution in [-0.4, -0.2) is 31.0 Å². The Hall–Kier alpha value is -2.04. The first-order valence-electron chi connectivity index (χ1n) is 6.85. The van der Waals surface area contributed by atoms with E-state index in [1.807, 2.05) is 25.1 Å². The fourth-order valence-electron chi connectivity index (χ4n) is 1.68. The normalized spacial score (nSPS) is 11.6. The molecule has 0 aliphatic rings. The SMILES string of the molecule is CCNC(=O)[C@@H](C)NC(=O)COc1cccc(CC)c1. The number of ether oxygens (including phenoxy) is 1. The van der Waals surface area contributed by atoms with Crippen LogP contribution < -0.4 is 15.4 Å². The Balaban J connectivity index is 2.41. The second kappa shape index (κ2) is 8.19. The van der Waals surface area contributed by atoms with Crippen LogP contribution in [0.4, 0.5) is 0 Å². The highest BCUT2D eigenvalue weighted by Gasteiger charge is 2.14. The molecule has 0 unspecified atom stereocenters. The van der Waals surface area contributed by atoms with Crippen LogP contribution in [-0.2, 0) is 16.0 Å². The minimum absolute atomic E-state index is 0.100. The number of hydrogen-bond acceptors (Lipinski definition) is 3. The fraction of sp³-hybridized carbons (Fsp3) is 0.467. The maximum absolute atomic E-state index is 11.7. The number of nitrogens with one attached hydrogen (secondary N) is 2. The Kier molecular flexibility index (Phi) is 6.56. The van der Waals surface area contributed by atoms with E-state index in [1.54, 1.807) is 13.0 Å². The quantitative estimate of drug-likeness (QED) is 0.789. The first kappa shape index (κ1) is 16.0. The largest absolute Gasteiger partial charge is 0.484 e. The van der Waals surface area contributed by atoms with Crippen LogP contribution in [0.3, 0.4) is 0 Å². The molecule has 20 heavy (non-hydrogen) atoms. The maximum atomic E-state index is 11.7. The molecule has 0 fully saturated rings. The number of aryl methyl sites for hydroxylation is 1. The number of carbonyl (C=O) groups is 2. The zero-order chi connectivity index (χ0) is 15.0. The second-order valence-electron chi connectivity index (χ2n) is 4.47. The summed E-state index contributed by atoms with van der Waals surface area (Å²) in [6.07, 6.45) is 0.914. The van der Waals surface area contributed by atoms with Crippen molar-refractivity contribution in [1.82, 2.24) is 10.6 Å². The average Bonchev–Trinajstić information content (AvgIpc) is 2.45. The molecular weight excluding hydrogens is 256 g/mol. The van der Waals surface area contributed by atoms with E-state index in [0.29, 0.717) is 12.3 Å². The van der Waals surface area contributed by atoms with Crippen LogP contribution in [0.5, 0.6) is 5.75 Å². The second-order valence-corrected chi connectivity index (χ2v) is 4.47. The topological polar surface area (TPSA) is 67.4 Å². The molecule has 1 aromatic rings. The minimum Gasteiger partial charge on any atom is -0.484 e. The Labute approximate surface area is 119 Å². The van der Waals surface area contributed by atoms with Crippen molar-refractivity contribution >= 4 is 11.8 Å². The van der Waals surface area contributed by atoms with Gasteiger partial charge in [0.25, 0.3) is 5.91 Å². The summed E-state index contributed by atoms with van der Waals surface area (Å²) >= 11 is 0. The van der Waals surface area contributed by atoms with Gasteiger partial charge in [0.15, 0.2) is 6.61 Å². The highest BCUT2D eigenvalue weighted by Crippen LogP contribution is 2.13. The van der Waals surface area contributed by atoms with Gasteiger partial charge in [-0.2, -0.15) is 0 Å². The van der Waals surface area contributed by atoms with Crippen molar-refractivity contribution < 1.29 is 14.3 Å². The molecule has 0 aromatic heterocycles. The molecule has 0 bridgehead atoms. The van der Waals surface area contributed by atoms with Gasteiger partial charge in [-0.15, -0.1) is 0 Å². The van der Waals surface area contributed by atoms with Crippen molar-refractivity contribution in [2.75, 3.05) is 13.2 Å². The van der Waals surface area contributed by atoms with E-state index in [1.165, 1.54) is 0 Å². The van der Waals surface area contributed by atoms with Gasteiger partial charge in [-0.25, -0.2) is 0 Å². The summed E-state index contributed by atoms with van der Waals surface area (Å²) in [6.45, 7) is 5.97. The molecule has 110 valence electrons. The monoisotopic (exact) mass is 278 g/mol. The summed E-state index contributed by atoms with van der Waals surface area (Å²) in [7, 11) is 0. The van der Waals surface area contributed by atoms with Gasteiger partial charge in [0.2, 0.25) is 5.91 Å². The van der Waals surface area contributed by atoms with Gasteiger partial charge >= 0.3 is 0 Å². The molecule has 0 radical (unpaired) electrons. The molecule has 2 amide bonds. The van der Waals surface area contributed by atoms with Gasteiger partial charge < -0.3 is 15.4 Å². The van der Waals surface area contributed by atoms with Crippen molar-refractivity contribution in [3.05, 3.63) is 29.8 Å². The van der Waals surface area contributed by atoms with E-state index >= 15 is 0 Å². The number of hydrogen-bond donors (Lipinski definition) is 2. The minimum atomic E-state index is -0.562. The molecule has 1 aromatic carbocycles. The summed E-state index contributed by atoms with van der Waals surface area (Å²) in [6, 6.07) is 7.04. The number of rotatable bonds is 7. The number of amides is 2. The summed E-state index contributed by atoms with van der Waals surface area (Å²) < 4.78 is 5.41. The Morgan fingerprint density at radius 1 is 1.30 bits per heavy atom. The Bertz CT molecular complexity index is 460. The lowest BCUT2D eigenvalue weighted by Crippen LogP contribution is -2.46. The summed E-state index contributed by atoms with van der Waals surface area (Å²) in [5.74, 6) is 0.143. The lowest BCUT2D eigenvalue weighted by Gasteiger charge is -2.13. The number of benzene rings is 1. The molecule has 1 atom stereocenters. The fourth-order valence-corrected chi connectivity index (χ4v) is 1.68. The van der Waals surface area contributed by atoms with Crippen LogP contribution >= 0.6 is 0 Å². The molecule has 0 spiro atoms. The third-order valence-corrected chi connectivity index (χ3v) is 2.80. The molecule has 5 nitrogen and oxygen atoms in total. The van der Waals surface area contributed by atoms with Gasteiger partial charge in [0, 0.05) is 6.54 Å². The van der Waals surface area contributed by atoms with Crippen molar-refractivity contribution in [2.24, 2.45) is 0 Å². The molecule has 0 saturated heterocycles. The third kappa shape index (κ3) is 5.30.